The van der Waals surface area contributed by atoms with Gasteiger partial charge in [0.25, 0.3) is 5.91 Å². The van der Waals surface area contributed by atoms with E-state index in [0.717, 1.165) is 11.3 Å². The second kappa shape index (κ2) is 6.23. The minimum Gasteiger partial charge on any atom is -0.296 e. The van der Waals surface area contributed by atoms with Gasteiger partial charge < -0.3 is 0 Å². The van der Waals surface area contributed by atoms with E-state index in [1.807, 2.05) is 18.2 Å². The molecule has 1 aromatic carbocycles. The van der Waals surface area contributed by atoms with Crippen LogP contribution in [0.4, 0.5) is 5.13 Å². The van der Waals surface area contributed by atoms with Gasteiger partial charge in [0.1, 0.15) is 5.69 Å². The molecule has 0 aliphatic rings. The van der Waals surface area contributed by atoms with E-state index in [9.17, 15) is 4.79 Å². The van der Waals surface area contributed by atoms with E-state index in [1.54, 1.807) is 6.20 Å². The van der Waals surface area contributed by atoms with Crippen LogP contribution < -0.4 is 5.32 Å². The molecule has 0 spiro atoms. The molecule has 3 aromatic rings. The third-order valence-corrected chi connectivity index (χ3v) is 3.70. The fourth-order valence-corrected chi connectivity index (χ4v) is 2.66. The number of thiazole rings is 1. The van der Waals surface area contributed by atoms with Gasteiger partial charge in [0.2, 0.25) is 0 Å². The summed E-state index contributed by atoms with van der Waals surface area (Å²) in [5, 5.41) is 3.30. The molecule has 3 rings (SSSR count). The third kappa shape index (κ3) is 3.49. The molecule has 0 saturated heterocycles. The first-order chi connectivity index (χ1) is 10.3. The van der Waals surface area contributed by atoms with Gasteiger partial charge >= 0.3 is 0 Å². The van der Waals surface area contributed by atoms with Gasteiger partial charge in [0.15, 0.2) is 5.13 Å². The van der Waals surface area contributed by atoms with Crippen molar-refractivity contribution < 1.29 is 4.79 Å². The van der Waals surface area contributed by atoms with Crippen molar-refractivity contribution in [1.29, 1.82) is 0 Å². The lowest BCUT2D eigenvalue weighted by molar-refractivity contribution is 0.102. The van der Waals surface area contributed by atoms with Gasteiger partial charge in [-0.15, -0.1) is 11.3 Å². The van der Waals surface area contributed by atoms with Gasteiger partial charge in [-0.25, -0.2) is 9.97 Å². The molecule has 5 nitrogen and oxygen atoms in total. The van der Waals surface area contributed by atoms with Crippen LogP contribution in [0, 0.1) is 0 Å². The van der Waals surface area contributed by atoms with Gasteiger partial charge in [-0.2, -0.15) is 0 Å². The van der Waals surface area contributed by atoms with Crippen LogP contribution in [-0.4, -0.2) is 20.9 Å². The number of nitrogens with zero attached hydrogens (tertiary/aromatic N) is 3. The highest BCUT2D eigenvalue weighted by Gasteiger charge is 2.10. The van der Waals surface area contributed by atoms with Gasteiger partial charge in [0, 0.05) is 29.9 Å². The smallest absolute Gasteiger partial charge is 0.277 e. The molecule has 0 saturated carbocycles. The lowest BCUT2D eigenvalue weighted by atomic mass is 10.1. The van der Waals surface area contributed by atoms with Gasteiger partial charge in [0.05, 0.1) is 6.20 Å². The number of anilines is 1. The number of benzene rings is 1. The zero-order chi connectivity index (χ0) is 14.5. The highest BCUT2D eigenvalue weighted by molar-refractivity contribution is 7.15. The minimum atomic E-state index is -0.302. The molecular weight excluding hydrogens is 284 g/mol. The predicted molar refractivity (Wildman–Crippen MR) is 81.3 cm³/mol. The van der Waals surface area contributed by atoms with Crippen LogP contribution in [0.2, 0.25) is 0 Å². The highest BCUT2D eigenvalue weighted by Crippen LogP contribution is 2.21. The van der Waals surface area contributed by atoms with Crippen LogP contribution in [-0.2, 0) is 6.42 Å². The monoisotopic (exact) mass is 296 g/mol. The first kappa shape index (κ1) is 13.4. The topological polar surface area (TPSA) is 67.8 Å². The number of aromatic nitrogens is 3. The zero-order valence-corrected chi connectivity index (χ0v) is 11.9. The minimum absolute atomic E-state index is 0.275. The first-order valence-electron chi connectivity index (χ1n) is 6.37. The molecule has 104 valence electrons. The van der Waals surface area contributed by atoms with Crippen LogP contribution in [0.1, 0.15) is 20.9 Å². The SMILES string of the molecule is O=C(Nc1ncc(Cc2ccccc2)s1)c1cnccn1. The Morgan fingerprint density at radius 2 is 1.95 bits per heavy atom. The number of hydrogen-bond acceptors (Lipinski definition) is 5. The van der Waals surface area contributed by atoms with Crippen molar-refractivity contribution in [1.82, 2.24) is 15.0 Å². The Morgan fingerprint density at radius 1 is 1.10 bits per heavy atom. The fraction of sp³-hybridized carbons (Fsp3) is 0.0667. The average molecular weight is 296 g/mol. The Morgan fingerprint density at radius 3 is 2.71 bits per heavy atom. The van der Waals surface area contributed by atoms with Crippen molar-refractivity contribution in [2.75, 3.05) is 5.32 Å². The van der Waals surface area contributed by atoms with E-state index in [1.165, 1.54) is 35.5 Å². The maximum atomic E-state index is 11.9. The van der Waals surface area contributed by atoms with Crippen molar-refractivity contribution in [2.45, 2.75) is 6.42 Å². The summed E-state index contributed by atoms with van der Waals surface area (Å²) in [6.45, 7) is 0. The Kier molecular flexibility index (Phi) is 3.97. The Balaban J connectivity index is 1.67. The molecule has 21 heavy (non-hydrogen) atoms. The van der Waals surface area contributed by atoms with E-state index in [0.29, 0.717) is 5.13 Å². The van der Waals surface area contributed by atoms with E-state index in [-0.39, 0.29) is 11.6 Å². The standard InChI is InChI=1S/C15H12N4OS/c20-14(13-10-16-6-7-17-13)19-15-18-9-12(21-15)8-11-4-2-1-3-5-11/h1-7,9-10H,8H2,(H,18,19,20). The molecule has 0 bridgehead atoms. The largest absolute Gasteiger partial charge is 0.296 e. The summed E-state index contributed by atoms with van der Waals surface area (Å²) in [4.78, 5) is 25.1. The molecule has 0 unspecified atom stereocenters. The lowest BCUT2D eigenvalue weighted by Gasteiger charge is -1.99. The van der Waals surface area contributed by atoms with Gasteiger partial charge in [-0.1, -0.05) is 30.3 Å². The summed E-state index contributed by atoms with van der Waals surface area (Å²) in [5.41, 5.74) is 1.49. The highest BCUT2D eigenvalue weighted by atomic mass is 32.1. The molecule has 0 atom stereocenters. The van der Waals surface area contributed by atoms with Crippen LogP contribution in [0.5, 0.6) is 0 Å². The van der Waals surface area contributed by atoms with Crippen molar-refractivity contribution in [3.05, 3.63) is 71.3 Å². The summed E-state index contributed by atoms with van der Waals surface area (Å²) in [5.74, 6) is -0.302. The summed E-state index contributed by atoms with van der Waals surface area (Å²) >= 11 is 1.46. The molecule has 0 radical (unpaired) electrons. The molecule has 2 aromatic heterocycles. The van der Waals surface area contributed by atoms with Gasteiger partial charge in [-0.3, -0.25) is 15.1 Å². The molecule has 1 N–H and O–H groups in total. The molecule has 0 aliphatic carbocycles. The molecule has 1 amide bonds. The quantitative estimate of drug-likeness (QED) is 0.804. The van der Waals surface area contributed by atoms with E-state index in [4.69, 9.17) is 0 Å². The summed E-state index contributed by atoms with van der Waals surface area (Å²) in [6.07, 6.45) is 7.02. The van der Waals surface area contributed by atoms with Crippen LogP contribution >= 0.6 is 11.3 Å². The Hall–Kier alpha value is -2.60. The molecule has 6 heteroatoms. The maximum absolute atomic E-state index is 11.9. The van der Waals surface area contributed by atoms with Gasteiger partial charge in [-0.05, 0) is 5.56 Å². The van der Waals surface area contributed by atoms with Crippen molar-refractivity contribution in [2.24, 2.45) is 0 Å². The van der Waals surface area contributed by atoms with Crippen molar-refractivity contribution in [3.63, 3.8) is 0 Å². The van der Waals surface area contributed by atoms with Crippen LogP contribution in [0.3, 0.4) is 0 Å². The normalized spacial score (nSPS) is 10.3. The molecular formula is C15H12N4OS. The lowest BCUT2D eigenvalue weighted by Crippen LogP contribution is -2.13. The number of carbonyl (C=O) groups is 1. The number of carbonyl (C=O) groups excluding carboxylic acids is 1. The van der Waals surface area contributed by atoms with E-state index >= 15 is 0 Å². The van der Waals surface area contributed by atoms with E-state index < -0.39 is 0 Å². The number of amides is 1. The Bertz CT molecular complexity index is 728. The fourth-order valence-electron chi connectivity index (χ4n) is 1.82. The zero-order valence-electron chi connectivity index (χ0n) is 11.1. The first-order valence-corrected chi connectivity index (χ1v) is 7.19. The molecule has 2 heterocycles. The number of hydrogen-bond donors (Lipinski definition) is 1. The van der Waals surface area contributed by atoms with Crippen LogP contribution in [0.25, 0.3) is 0 Å². The number of nitrogens with one attached hydrogen (secondary N) is 1. The van der Waals surface area contributed by atoms with Crippen molar-refractivity contribution >= 4 is 22.4 Å². The summed E-state index contributed by atoms with van der Waals surface area (Å²) in [7, 11) is 0. The van der Waals surface area contributed by atoms with Crippen molar-refractivity contribution in [3.8, 4) is 0 Å². The van der Waals surface area contributed by atoms with Crippen LogP contribution in [0.15, 0.2) is 55.1 Å². The average Bonchev–Trinajstić information content (AvgIpc) is 2.96. The second-order valence-electron chi connectivity index (χ2n) is 4.34. The van der Waals surface area contributed by atoms with E-state index in [2.05, 4.69) is 32.4 Å². The molecule has 0 fully saturated rings. The third-order valence-electron chi connectivity index (χ3n) is 2.79. The number of rotatable bonds is 4. The summed E-state index contributed by atoms with van der Waals surface area (Å²) < 4.78 is 0. The second-order valence-corrected chi connectivity index (χ2v) is 5.45. The summed E-state index contributed by atoms with van der Waals surface area (Å²) in [6, 6.07) is 10.1. The predicted octanol–water partition coefficient (Wildman–Crippen LogP) is 2.78. The molecule has 0 aliphatic heterocycles. The maximum Gasteiger partial charge on any atom is 0.277 e. The Labute approximate surface area is 125 Å².